The number of halogens is 5. The second-order valence-electron chi connectivity index (χ2n) is 2.91. The quantitative estimate of drug-likeness (QED) is 0.462. The molecule has 0 aliphatic carbocycles. The molecule has 1 atom stereocenters. The van der Waals surface area contributed by atoms with Gasteiger partial charge in [-0.15, -0.1) is 0 Å². The number of hydrogen-bond acceptors (Lipinski definition) is 2. The fraction of sp³-hybridized carbons (Fsp3) is 0.857. The summed E-state index contributed by atoms with van der Waals surface area (Å²) in [5, 5.41) is 8.30. The number of hydrogen-bond donors (Lipinski definition) is 1. The predicted octanol–water partition coefficient (Wildman–Crippen LogP) is 2.16. The highest BCUT2D eigenvalue weighted by molar-refractivity contribution is 5.65. The van der Waals surface area contributed by atoms with Crippen LogP contribution in [0, 0.1) is 0 Å². The Morgan fingerprint density at radius 1 is 1.44 bits per heavy atom. The second-order valence-corrected chi connectivity index (χ2v) is 2.91. The van der Waals surface area contributed by atoms with Crippen molar-refractivity contribution in [3.05, 3.63) is 0 Å². The number of ether oxygens (including phenoxy) is 1. The average Bonchev–Trinajstić information content (AvgIpc) is 2.12. The highest BCUT2D eigenvalue weighted by Gasteiger charge is 2.65. The summed E-state index contributed by atoms with van der Waals surface area (Å²) in [6.07, 6.45) is -5.55. The molecule has 16 heavy (non-hydrogen) atoms. The van der Waals surface area contributed by atoms with E-state index in [4.69, 9.17) is 5.11 Å². The van der Waals surface area contributed by atoms with E-state index in [1.165, 1.54) is 0 Å². The van der Waals surface area contributed by atoms with E-state index in [1.54, 1.807) is 0 Å². The first kappa shape index (κ1) is 14.9. The minimum atomic E-state index is -5.19. The van der Waals surface area contributed by atoms with Crippen molar-refractivity contribution < 1.29 is 36.6 Å². The topological polar surface area (TPSA) is 49.8 Å². The summed E-state index contributed by atoms with van der Waals surface area (Å²) < 4.78 is 68.0. The van der Waals surface area contributed by atoms with Crippen LogP contribution in [0.25, 0.3) is 0 Å². The summed E-state index contributed by atoms with van der Waals surface area (Å²) in [6.45, 7) is -1.09. The number of amides is 1. The highest BCUT2D eigenvalue weighted by atomic mass is 19.3. The van der Waals surface area contributed by atoms with Crippen LogP contribution >= 0.6 is 0 Å². The monoisotopic (exact) mass is 251 g/mol. The van der Waals surface area contributed by atoms with Crippen LogP contribution < -0.4 is 0 Å². The maximum absolute atomic E-state index is 13.0. The van der Waals surface area contributed by atoms with E-state index in [0.29, 0.717) is 0 Å². The standard InChI is InChI=1S/C7H10F5NO3/c1-4(8)6(9,10)7(11,12)13(3-16-2)5(14)15/h4H,3H2,1-2H3,(H,14,15). The molecule has 0 spiro atoms. The van der Waals surface area contributed by atoms with Crippen molar-refractivity contribution in [2.45, 2.75) is 25.1 Å². The van der Waals surface area contributed by atoms with Gasteiger partial charge >= 0.3 is 18.1 Å². The summed E-state index contributed by atoms with van der Waals surface area (Å²) in [5.41, 5.74) is 0. The number of nitrogens with zero attached hydrogens (tertiary/aromatic N) is 1. The van der Waals surface area contributed by atoms with E-state index in [1.807, 2.05) is 0 Å². The van der Waals surface area contributed by atoms with Crippen LogP contribution in [0.1, 0.15) is 6.92 Å². The van der Waals surface area contributed by atoms with Crippen LogP contribution in [0.4, 0.5) is 26.7 Å². The van der Waals surface area contributed by atoms with Crippen molar-refractivity contribution in [1.29, 1.82) is 0 Å². The van der Waals surface area contributed by atoms with Gasteiger partial charge in [0.05, 0.1) is 0 Å². The third-order valence-electron chi connectivity index (χ3n) is 1.73. The maximum Gasteiger partial charge on any atom is 0.413 e. The van der Waals surface area contributed by atoms with Crippen molar-refractivity contribution >= 4 is 6.09 Å². The minimum absolute atomic E-state index is 0.209. The van der Waals surface area contributed by atoms with E-state index < -0.39 is 35.9 Å². The molecule has 0 bridgehead atoms. The molecular formula is C7H10F5NO3. The minimum Gasteiger partial charge on any atom is -0.465 e. The number of carbonyl (C=O) groups is 1. The molecule has 0 fully saturated rings. The molecule has 4 nitrogen and oxygen atoms in total. The Bertz CT molecular complexity index is 258. The smallest absolute Gasteiger partial charge is 0.413 e. The van der Waals surface area contributed by atoms with Crippen LogP contribution in [0.2, 0.25) is 0 Å². The Labute approximate surface area is 87.6 Å². The molecule has 0 heterocycles. The van der Waals surface area contributed by atoms with Crippen molar-refractivity contribution in [1.82, 2.24) is 4.90 Å². The molecule has 0 aromatic rings. The Kier molecular flexibility index (Phi) is 4.47. The van der Waals surface area contributed by atoms with E-state index in [2.05, 4.69) is 4.74 Å². The lowest BCUT2D eigenvalue weighted by Gasteiger charge is -2.34. The third-order valence-corrected chi connectivity index (χ3v) is 1.73. The van der Waals surface area contributed by atoms with Gasteiger partial charge in [0.1, 0.15) is 6.73 Å². The van der Waals surface area contributed by atoms with Crippen molar-refractivity contribution in [3.63, 3.8) is 0 Å². The summed E-state index contributed by atoms with van der Waals surface area (Å²) in [4.78, 5) is 9.35. The number of carboxylic acid groups (broad SMARTS) is 1. The number of methoxy groups -OCH3 is 1. The van der Waals surface area contributed by atoms with Gasteiger partial charge in [0.15, 0.2) is 6.17 Å². The summed E-state index contributed by atoms with van der Waals surface area (Å²) in [6, 6.07) is -5.19. The zero-order chi connectivity index (χ0) is 13.1. The Hall–Kier alpha value is -1.12. The van der Waals surface area contributed by atoms with Gasteiger partial charge < -0.3 is 9.84 Å². The summed E-state index contributed by atoms with van der Waals surface area (Å²) in [7, 11) is 0.836. The first-order valence-corrected chi connectivity index (χ1v) is 3.98. The zero-order valence-corrected chi connectivity index (χ0v) is 8.39. The molecule has 1 unspecified atom stereocenters. The molecule has 0 aliphatic heterocycles. The molecule has 96 valence electrons. The first-order valence-electron chi connectivity index (χ1n) is 3.98. The van der Waals surface area contributed by atoms with Crippen LogP contribution in [0.15, 0.2) is 0 Å². The second kappa shape index (κ2) is 4.81. The fourth-order valence-electron chi connectivity index (χ4n) is 0.805. The van der Waals surface area contributed by atoms with Gasteiger partial charge in [-0.25, -0.2) is 14.1 Å². The van der Waals surface area contributed by atoms with E-state index in [0.717, 1.165) is 7.11 Å². The summed E-state index contributed by atoms with van der Waals surface area (Å²) in [5.74, 6) is -5.14. The maximum atomic E-state index is 13.0. The van der Waals surface area contributed by atoms with Crippen LogP contribution in [0.3, 0.4) is 0 Å². The zero-order valence-electron chi connectivity index (χ0n) is 8.39. The largest absolute Gasteiger partial charge is 0.465 e. The molecule has 1 amide bonds. The number of alkyl halides is 5. The van der Waals surface area contributed by atoms with Crippen LogP contribution in [0.5, 0.6) is 0 Å². The first-order chi connectivity index (χ1) is 7.09. The van der Waals surface area contributed by atoms with E-state index in [-0.39, 0.29) is 6.92 Å². The van der Waals surface area contributed by atoms with Gasteiger partial charge in [-0.3, -0.25) is 0 Å². The fourth-order valence-corrected chi connectivity index (χ4v) is 0.805. The molecular weight excluding hydrogens is 241 g/mol. The SMILES string of the molecule is COCN(C(=O)O)C(F)(F)C(F)(F)C(C)F. The molecule has 0 aliphatic rings. The van der Waals surface area contributed by atoms with E-state index in [9.17, 15) is 26.7 Å². The van der Waals surface area contributed by atoms with Gasteiger partial charge in [0, 0.05) is 7.11 Å². The lowest BCUT2D eigenvalue weighted by atomic mass is 10.2. The molecule has 0 saturated carbocycles. The van der Waals surface area contributed by atoms with Crippen molar-refractivity contribution in [2.24, 2.45) is 0 Å². The molecule has 1 N–H and O–H groups in total. The van der Waals surface area contributed by atoms with Crippen LogP contribution in [-0.2, 0) is 4.74 Å². The Morgan fingerprint density at radius 3 is 2.12 bits per heavy atom. The normalized spacial score (nSPS) is 14.7. The average molecular weight is 251 g/mol. The third kappa shape index (κ3) is 2.52. The van der Waals surface area contributed by atoms with Crippen molar-refractivity contribution in [2.75, 3.05) is 13.8 Å². The highest BCUT2D eigenvalue weighted by Crippen LogP contribution is 2.40. The van der Waals surface area contributed by atoms with Gasteiger partial charge in [-0.2, -0.15) is 17.6 Å². The molecule has 0 rings (SSSR count). The lowest BCUT2D eigenvalue weighted by Crippen LogP contribution is -2.60. The molecule has 0 aromatic heterocycles. The summed E-state index contributed by atoms with van der Waals surface area (Å²) >= 11 is 0. The van der Waals surface area contributed by atoms with E-state index >= 15 is 0 Å². The van der Waals surface area contributed by atoms with Crippen LogP contribution in [-0.4, -0.2) is 48.1 Å². The van der Waals surface area contributed by atoms with Gasteiger partial charge in [0.2, 0.25) is 0 Å². The molecule has 9 heteroatoms. The molecule has 0 radical (unpaired) electrons. The predicted molar refractivity (Wildman–Crippen MR) is 42.2 cm³/mol. The number of rotatable bonds is 5. The van der Waals surface area contributed by atoms with Crippen molar-refractivity contribution in [3.8, 4) is 0 Å². The Balaban J connectivity index is 5.19. The van der Waals surface area contributed by atoms with Gasteiger partial charge in [-0.1, -0.05) is 0 Å². The molecule has 0 saturated heterocycles. The lowest BCUT2D eigenvalue weighted by molar-refractivity contribution is -0.302. The Morgan fingerprint density at radius 2 is 1.88 bits per heavy atom. The van der Waals surface area contributed by atoms with Gasteiger partial charge in [0.25, 0.3) is 0 Å². The van der Waals surface area contributed by atoms with Gasteiger partial charge in [-0.05, 0) is 6.92 Å². The molecule has 0 aromatic carbocycles.